The number of hydrogen-bond acceptors (Lipinski definition) is 3. The normalized spacial score (nSPS) is 14.8. The molecule has 0 aromatic heterocycles. The number of halogens is 2. The number of nitrogen functional groups attached to an aromatic ring is 1. The molecule has 0 aliphatic heterocycles. The fourth-order valence-electron chi connectivity index (χ4n) is 2.81. The van der Waals surface area contributed by atoms with Gasteiger partial charge in [-0.3, -0.25) is 4.79 Å². The smallest absolute Gasteiger partial charge is 0.315 e. The first-order chi connectivity index (χ1) is 12.0. The van der Waals surface area contributed by atoms with Crippen LogP contribution in [-0.4, -0.2) is 24.5 Å². The van der Waals surface area contributed by atoms with Crippen LogP contribution in [0.4, 0.5) is 16.2 Å². The van der Waals surface area contributed by atoms with Crippen molar-refractivity contribution in [2.45, 2.75) is 51.0 Å². The van der Waals surface area contributed by atoms with Gasteiger partial charge in [0.25, 0.3) is 0 Å². The second kappa shape index (κ2) is 9.73. The predicted molar refractivity (Wildman–Crippen MR) is 102 cm³/mol. The summed E-state index contributed by atoms with van der Waals surface area (Å²) < 4.78 is 0. The highest BCUT2D eigenvalue weighted by atomic mass is 35.5. The quantitative estimate of drug-likeness (QED) is 0.440. The van der Waals surface area contributed by atoms with E-state index in [9.17, 15) is 9.59 Å². The van der Waals surface area contributed by atoms with Crippen LogP contribution >= 0.6 is 23.2 Å². The predicted octanol–water partition coefficient (Wildman–Crippen LogP) is 3.93. The van der Waals surface area contributed by atoms with Gasteiger partial charge in [0.05, 0.1) is 15.7 Å². The third-order valence-electron chi connectivity index (χ3n) is 4.17. The van der Waals surface area contributed by atoms with Crippen LogP contribution < -0.4 is 21.7 Å². The topological polar surface area (TPSA) is 96.2 Å². The number of amides is 3. The van der Waals surface area contributed by atoms with Crippen molar-refractivity contribution in [3.8, 4) is 0 Å². The summed E-state index contributed by atoms with van der Waals surface area (Å²) in [5.74, 6) is -0.175. The summed E-state index contributed by atoms with van der Waals surface area (Å²) in [7, 11) is 0. The molecule has 0 saturated heterocycles. The van der Waals surface area contributed by atoms with E-state index < -0.39 is 0 Å². The molecule has 0 atom stereocenters. The first-order valence-corrected chi connectivity index (χ1v) is 9.30. The minimum absolute atomic E-state index is 0.163. The molecular formula is C17H24Cl2N4O2. The van der Waals surface area contributed by atoms with E-state index in [1.807, 2.05) is 0 Å². The molecule has 1 aliphatic carbocycles. The van der Waals surface area contributed by atoms with Gasteiger partial charge in [0, 0.05) is 24.7 Å². The maximum absolute atomic E-state index is 11.9. The number of rotatable bonds is 6. The van der Waals surface area contributed by atoms with Crippen LogP contribution in [0, 0.1) is 0 Å². The van der Waals surface area contributed by atoms with Crippen molar-refractivity contribution in [3.05, 3.63) is 22.2 Å². The zero-order chi connectivity index (χ0) is 18.2. The zero-order valence-electron chi connectivity index (χ0n) is 14.0. The number of anilines is 2. The summed E-state index contributed by atoms with van der Waals surface area (Å²) in [5.41, 5.74) is 6.44. The highest BCUT2D eigenvalue weighted by Crippen LogP contribution is 2.31. The lowest BCUT2D eigenvalue weighted by Gasteiger charge is -2.22. The Morgan fingerprint density at radius 2 is 1.76 bits per heavy atom. The molecule has 0 unspecified atom stereocenters. The number of nitrogens with two attached hydrogens (primary N) is 1. The Bertz CT molecular complexity index is 596. The van der Waals surface area contributed by atoms with Crippen LogP contribution in [0.5, 0.6) is 0 Å². The molecule has 2 rings (SSSR count). The SMILES string of the molecule is Nc1c(Cl)cc(NC(=O)CCCNC(=O)NC2CCCCC2)cc1Cl. The Morgan fingerprint density at radius 3 is 2.40 bits per heavy atom. The van der Waals surface area contributed by atoms with Gasteiger partial charge in [-0.1, -0.05) is 42.5 Å². The molecule has 0 spiro atoms. The average molecular weight is 387 g/mol. The van der Waals surface area contributed by atoms with E-state index in [0.29, 0.717) is 28.7 Å². The molecule has 0 bridgehead atoms. The van der Waals surface area contributed by atoms with Gasteiger partial charge in [-0.05, 0) is 31.4 Å². The Kier molecular flexibility index (Phi) is 7.65. The minimum atomic E-state index is -0.175. The first-order valence-electron chi connectivity index (χ1n) is 8.54. The summed E-state index contributed by atoms with van der Waals surface area (Å²) in [6.07, 6.45) is 6.50. The van der Waals surface area contributed by atoms with Crippen molar-refractivity contribution in [2.24, 2.45) is 0 Å². The highest BCUT2D eigenvalue weighted by Gasteiger charge is 2.15. The van der Waals surface area contributed by atoms with Gasteiger partial charge in [0.15, 0.2) is 0 Å². The number of benzene rings is 1. The molecule has 6 nitrogen and oxygen atoms in total. The first kappa shape index (κ1) is 19.7. The van der Waals surface area contributed by atoms with Crippen LogP contribution in [0.1, 0.15) is 44.9 Å². The average Bonchev–Trinajstić information content (AvgIpc) is 2.57. The molecule has 3 amide bonds. The summed E-state index contributed by atoms with van der Waals surface area (Å²) >= 11 is 11.9. The van der Waals surface area contributed by atoms with E-state index in [0.717, 1.165) is 12.8 Å². The Morgan fingerprint density at radius 1 is 1.12 bits per heavy atom. The lowest BCUT2D eigenvalue weighted by molar-refractivity contribution is -0.116. The highest BCUT2D eigenvalue weighted by molar-refractivity contribution is 6.39. The monoisotopic (exact) mass is 386 g/mol. The van der Waals surface area contributed by atoms with E-state index in [2.05, 4.69) is 16.0 Å². The number of hydrogen-bond donors (Lipinski definition) is 4. The maximum atomic E-state index is 11.9. The Labute approximate surface area is 157 Å². The lowest BCUT2D eigenvalue weighted by atomic mass is 9.96. The number of urea groups is 1. The summed E-state index contributed by atoms with van der Waals surface area (Å²) in [6, 6.07) is 3.22. The molecule has 1 aromatic carbocycles. The molecule has 5 N–H and O–H groups in total. The molecule has 138 valence electrons. The van der Waals surface area contributed by atoms with Gasteiger partial charge >= 0.3 is 6.03 Å². The number of carbonyl (C=O) groups excluding carboxylic acids is 2. The van der Waals surface area contributed by atoms with Gasteiger partial charge in [0.1, 0.15) is 0 Å². The van der Waals surface area contributed by atoms with Crippen molar-refractivity contribution in [2.75, 3.05) is 17.6 Å². The van der Waals surface area contributed by atoms with Crippen molar-refractivity contribution >= 4 is 46.5 Å². The van der Waals surface area contributed by atoms with Gasteiger partial charge in [-0.2, -0.15) is 0 Å². The molecule has 25 heavy (non-hydrogen) atoms. The van der Waals surface area contributed by atoms with E-state index >= 15 is 0 Å². The van der Waals surface area contributed by atoms with Gasteiger partial charge in [0.2, 0.25) is 5.91 Å². The molecule has 1 aliphatic rings. The van der Waals surface area contributed by atoms with Crippen LogP contribution in [-0.2, 0) is 4.79 Å². The third kappa shape index (κ3) is 6.63. The Hall–Kier alpha value is -1.66. The van der Waals surface area contributed by atoms with Crippen molar-refractivity contribution in [1.82, 2.24) is 10.6 Å². The van der Waals surface area contributed by atoms with E-state index in [4.69, 9.17) is 28.9 Å². The van der Waals surface area contributed by atoms with Crippen LogP contribution in [0.2, 0.25) is 10.0 Å². The molecular weight excluding hydrogens is 363 g/mol. The lowest BCUT2D eigenvalue weighted by Crippen LogP contribution is -2.43. The molecule has 1 saturated carbocycles. The van der Waals surface area contributed by atoms with Crippen molar-refractivity contribution in [3.63, 3.8) is 0 Å². The second-order valence-electron chi connectivity index (χ2n) is 6.24. The third-order valence-corrected chi connectivity index (χ3v) is 4.79. The van der Waals surface area contributed by atoms with Crippen LogP contribution in [0.25, 0.3) is 0 Å². The molecule has 0 heterocycles. The molecule has 8 heteroatoms. The van der Waals surface area contributed by atoms with E-state index in [-0.39, 0.29) is 30.1 Å². The second-order valence-corrected chi connectivity index (χ2v) is 7.05. The standard InChI is InChI=1S/C17H24Cl2N4O2/c18-13-9-12(10-14(19)16(13)20)22-15(24)7-4-8-21-17(25)23-11-5-2-1-3-6-11/h9-11H,1-8,20H2,(H,22,24)(H2,21,23,25). The summed E-state index contributed by atoms with van der Waals surface area (Å²) in [4.78, 5) is 23.7. The van der Waals surface area contributed by atoms with E-state index in [1.54, 1.807) is 12.1 Å². The molecule has 1 fully saturated rings. The van der Waals surface area contributed by atoms with Crippen LogP contribution in [0.3, 0.4) is 0 Å². The van der Waals surface area contributed by atoms with E-state index in [1.165, 1.54) is 19.3 Å². The summed E-state index contributed by atoms with van der Waals surface area (Å²) in [5, 5.41) is 9.06. The van der Waals surface area contributed by atoms with Crippen molar-refractivity contribution < 1.29 is 9.59 Å². The largest absolute Gasteiger partial charge is 0.396 e. The zero-order valence-corrected chi connectivity index (χ0v) is 15.6. The van der Waals surface area contributed by atoms with Crippen LogP contribution in [0.15, 0.2) is 12.1 Å². The molecule has 0 radical (unpaired) electrons. The fourth-order valence-corrected chi connectivity index (χ4v) is 3.30. The van der Waals surface area contributed by atoms with Gasteiger partial charge in [-0.25, -0.2) is 4.79 Å². The molecule has 1 aromatic rings. The number of nitrogens with one attached hydrogen (secondary N) is 3. The van der Waals surface area contributed by atoms with Gasteiger partial charge < -0.3 is 21.7 Å². The fraction of sp³-hybridized carbons (Fsp3) is 0.529. The van der Waals surface area contributed by atoms with Crippen molar-refractivity contribution in [1.29, 1.82) is 0 Å². The Balaban J connectivity index is 1.64. The summed E-state index contributed by atoms with van der Waals surface area (Å²) in [6.45, 7) is 0.440. The minimum Gasteiger partial charge on any atom is -0.396 e. The number of carbonyl (C=O) groups is 2. The maximum Gasteiger partial charge on any atom is 0.315 e. The van der Waals surface area contributed by atoms with Gasteiger partial charge in [-0.15, -0.1) is 0 Å².